The minimum atomic E-state index is -3.67. The second-order valence-corrected chi connectivity index (χ2v) is 8.06. The van der Waals surface area contributed by atoms with Crippen LogP contribution < -0.4 is 9.62 Å². The maximum absolute atomic E-state index is 12.5. The highest BCUT2D eigenvalue weighted by atomic mass is 32.2. The van der Waals surface area contributed by atoms with Crippen molar-refractivity contribution < 1.29 is 8.42 Å². The smallest absolute Gasteiger partial charge is 0.263 e. The maximum Gasteiger partial charge on any atom is 0.263 e. The van der Waals surface area contributed by atoms with Crippen molar-refractivity contribution in [3.63, 3.8) is 0 Å². The monoisotopic (exact) mass is 362 g/mol. The summed E-state index contributed by atoms with van der Waals surface area (Å²) in [5.74, 6) is 1.28. The second kappa shape index (κ2) is 8.29. The van der Waals surface area contributed by atoms with Crippen LogP contribution in [0.3, 0.4) is 0 Å². The number of hydrogen-bond donors (Lipinski definition) is 1. The van der Waals surface area contributed by atoms with E-state index in [0.717, 1.165) is 30.8 Å². The van der Waals surface area contributed by atoms with Gasteiger partial charge in [0.1, 0.15) is 0 Å². The number of sulfonamides is 1. The average molecular weight is 362 g/mol. The normalized spacial score (nSPS) is 11.6. The first kappa shape index (κ1) is 19.2. The van der Waals surface area contributed by atoms with Crippen LogP contribution in [-0.2, 0) is 10.0 Å². The Morgan fingerprint density at radius 1 is 1.08 bits per heavy atom. The van der Waals surface area contributed by atoms with E-state index in [-0.39, 0.29) is 10.7 Å². The molecule has 2 aromatic rings. The van der Waals surface area contributed by atoms with Gasteiger partial charge in [0.2, 0.25) is 0 Å². The van der Waals surface area contributed by atoms with Crippen LogP contribution in [0.25, 0.3) is 0 Å². The molecule has 7 heteroatoms. The van der Waals surface area contributed by atoms with E-state index in [1.54, 1.807) is 24.3 Å². The van der Waals surface area contributed by atoms with Crippen molar-refractivity contribution in [3.8, 4) is 0 Å². The van der Waals surface area contributed by atoms with E-state index in [4.69, 9.17) is 0 Å². The summed E-state index contributed by atoms with van der Waals surface area (Å²) < 4.78 is 27.4. The van der Waals surface area contributed by atoms with E-state index in [0.29, 0.717) is 5.92 Å². The Bertz CT molecular complexity index is 772. The Hall–Kier alpha value is -2.15. The molecule has 25 heavy (non-hydrogen) atoms. The predicted molar refractivity (Wildman–Crippen MR) is 102 cm³/mol. The Morgan fingerprint density at radius 2 is 1.76 bits per heavy atom. The van der Waals surface area contributed by atoms with Crippen LogP contribution in [0.5, 0.6) is 0 Å². The number of nitrogens with one attached hydrogen (secondary N) is 1. The Kier molecular flexibility index (Phi) is 6.36. The number of rotatable bonds is 8. The van der Waals surface area contributed by atoms with Crippen molar-refractivity contribution in [1.82, 2.24) is 10.2 Å². The number of nitrogens with zero attached hydrogens (tertiary/aromatic N) is 3. The van der Waals surface area contributed by atoms with E-state index in [1.165, 1.54) is 0 Å². The zero-order valence-corrected chi connectivity index (χ0v) is 16.0. The van der Waals surface area contributed by atoms with Crippen LogP contribution in [0.15, 0.2) is 41.3 Å². The van der Waals surface area contributed by atoms with Gasteiger partial charge < -0.3 is 4.90 Å². The molecular weight excluding hydrogens is 336 g/mol. The molecule has 0 saturated carbocycles. The molecule has 0 atom stereocenters. The van der Waals surface area contributed by atoms with Gasteiger partial charge in [-0.1, -0.05) is 39.3 Å². The highest BCUT2D eigenvalue weighted by Gasteiger charge is 2.15. The van der Waals surface area contributed by atoms with Gasteiger partial charge in [-0.05, 0) is 42.2 Å². The van der Waals surface area contributed by atoms with Gasteiger partial charge >= 0.3 is 0 Å². The molecule has 6 nitrogen and oxygen atoms in total. The Morgan fingerprint density at radius 3 is 2.28 bits per heavy atom. The minimum absolute atomic E-state index is 0.209. The Labute approximate surface area is 150 Å². The van der Waals surface area contributed by atoms with Crippen molar-refractivity contribution in [2.24, 2.45) is 0 Å². The van der Waals surface area contributed by atoms with Crippen LogP contribution in [0.4, 0.5) is 11.6 Å². The topological polar surface area (TPSA) is 75.2 Å². The van der Waals surface area contributed by atoms with Gasteiger partial charge in [-0.3, -0.25) is 4.72 Å². The second-order valence-electron chi connectivity index (χ2n) is 6.38. The van der Waals surface area contributed by atoms with Crippen LogP contribution in [0.1, 0.15) is 45.1 Å². The molecule has 0 aliphatic heterocycles. The summed E-state index contributed by atoms with van der Waals surface area (Å²) in [5, 5.41) is 8.08. The minimum Gasteiger partial charge on any atom is -0.358 e. The summed E-state index contributed by atoms with van der Waals surface area (Å²) in [7, 11) is -1.72. The number of aromatic nitrogens is 2. The third-order valence-electron chi connectivity index (χ3n) is 3.98. The fourth-order valence-electron chi connectivity index (χ4n) is 2.32. The molecule has 0 fully saturated rings. The fraction of sp³-hybridized carbons (Fsp3) is 0.444. The van der Waals surface area contributed by atoms with E-state index in [9.17, 15) is 8.42 Å². The SMILES string of the molecule is CCCCN(C)c1ccc(NS(=O)(=O)c2ccc(C(C)C)cc2)nn1. The fourth-order valence-corrected chi connectivity index (χ4v) is 3.32. The molecule has 0 amide bonds. The van der Waals surface area contributed by atoms with Crippen LogP contribution in [0, 0.1) is 0 Å². The van der Waals surface area contributed by atoms with E-state index < -0.39 is 10.0 Å². The third-order valence-corrected chi connectivity index (χ3v) is 5.36. The number of unbranched alkanes of at least 4 members (excludes halogenated alkanes) is 1. The van der Waals surface area contributed by atoms with E-state index >= 15 is 0 Å². The predicted octanol–water partition coefficient (Wildman–Crippen LogP) is 3.64. The molecule has 1 heterocycles. The highest BCUT2D eigenvalue weighted by molar-refractivity contribution is 7.92. The molecule has 2 rings (SSSR count). The van der Waals surface area contributed by atoms with Crippen molar-refractivity contribution in [2.75, 3.05) is 23.2 Å². The molecule has 0 aliphatic rings. The molecule has 0 unspecified atom stereocenters. The molecular formula is C18H26N4O2S. The zero-order chi connectivity index (χ0) is 18.4. The van der Waals surface area contributed by atoms with Gasteiger partial charge in [0.25, 0.3) is 10.0 Å². The van der Waals surface area contributed by atoms with Crippen molar-refractivity contribution in [1.29, 1.82) is 0 Å². The number of anilines is 2. The first-order valence-corrected chi connectivity index (χ1v) is 9.99. The Balaban J connectivity index is 2.09. The first-order chi connectivity index (χ1) is 11.8. The quantitative estimate of drug-likeness (QED) is 0.776. The lowest BCUT2D eigenvalue weighted by atomic mass is 10.0. The molecule has 1 aromatic heterocycles. The summed E-state index contributed by atoms with van der Waals surface area (Å²) in [6.07, 6.45) is 2.17. The van der Waals surface area contributed by atoms with Crippen LogP contribution >= 0.6 is 0 Å². The standard InChI is InChI=1S/C18H26N4O2S/c1-5-6-13-22(4)18-12-11-17(19-20-18)21-25(23,24)16-9-7-15(8-10-16)14(2)3/h7-12,14H,5-6,13H2,1-4H3,(H,19,21). The number of benzene rings is 1. The zero-order valence-electron chi connectivity index (χ0n) is 15.2. The lowest BCUT2D eigenvalue weighted by Crippen LogP contribution is -2.20. The molecule has 136 valence electrons. The van der Waals surface area contributed by atoms with E-state index in [1.807, 2.05) is 24.1 Å². The van der Waals surface area contributed by atoms with Crippen LogP contribution in [-0.4, -0.2) is 32.2 Å². The van der Waals surface area contributed by atoms with Gasteiger partial charge in [0.05, 0.1) is 4.90 Å². The van der Waals surface area contributed by atoms with Crippen LogP contribution in [0.2, 0.25) is 0 Å². The lowest BCUT2D eigenvalue weighted by molar-refractivity contribution is 0.601. The highest BCUT2D eigenvalue weighted by Crippen LogP contribution is 2.19. The molecule has 1 aromatic carbocycles. The maximum atomic E-state index is 12.5. The van der Waals surface area contributed by atoms with E-state index in [2.05, 4.69) is 35.7 Å². The summed E-state index contributed by atoms with van der Waals surface area (Å²) in [6, 6.07) is 10.3. The first-order valence-electron chi connectivity index (χ1n) is 8.51. The van der Waals surface area contributed by atoms with Gasteiger partial charge in [-0.2, -0.15) is 0 Å². The van der Waals surface area contributed by atoms with Crippen molar-refractivity contribution in [2.45, 2.75) is 44.4 Å². The summed E-state index contributed by atoms with van der Waals surface area (Å²) >= 11 is 0. The van der Waals surface area contributed by atoms with Gasteiger partial charge in [0, 0.05) is 13.6 Å². The van der Waals surface area contributed by atoms with Gasteiger partial charge in [0.15, 0.2) is 11.6 Å². The number of hydrogen-bond acceptors (Lipinski definition) is 5. The lowest BCUT2D eigenvalue weighted by Gasteiger charge is -2.17. The summed E-state index contributed by atoms with van der Waals surface area (Å²) in [6.45, 7) is 7.15. The summed E-state index contributed by atoms with van der Waals surface area (Å²) in [5.41, 5.74) is 1.10. The molecule has 1 N–H and O–H groups in total. The summed E-state index contributed by atoms with van der Waals surface area (Å²) in [4.78, 5) is 2.21. The van der Waals surface area contributed by atoms with Gasteiger partial charge in [-0.25, -0.2) is 8.42 Å². The third kappa shape index (κ3) is 5.16. The van der Waals surface area contributed by atoms with Gasteiger partial charge in [-0.15, -0.1) is 10.2 Å². The van der Waals surface area contributed by atoms with Crippen molar-refractivity contribution in [3.05, 3.63) is 42.0 Å². The molecule has 0 saturated heterocycles. The average Bonchev–Trinajstić information content (AvgIpc) is 2.60. The molecule has 0 spiro atoms. The molecule has 0 radical (unpaired) electrons. The largest absolute Gasteiger partial charge is 0.358 e. The molecule has 0 bridgehead atoms. The van der Waals surface area contributed by atoms with Crippen molar-refractivity contribution >= 4 is 21.7 Å². The molecule has 0 aliphatic carbocycles.